The van der Waals surface area contributed by atoms with Crippen LogP contribution in [0.1, 0.15) is 41.5 Å². The molecule has 0 aromatic carbocycles. The minimum absolute atomic E-state index is 0. The maximum atomic E-state index is 8.89. The first-order valence-electron chi connectivity index (χ1n) is 5.45. The van der Waals surface area contributed by atoms with Gasteiger partial charge in [0.1, 0.15) is 0 Å². The van der Waals surface area contributed by atoms with E-state index in [-0.39, 0.29) is 39.6 Å². The number of hydrogen-bond acceptors (Lipinski definition) is 12. The Bertz CT molecular complexity index is 267. The van der Waals surface area contributed by atoms with Crippen LogP contribution < -0.4 is 30.6 Å². The molecule has 0 saturated heterocycles. The van der Waals surface area contributed by atoms with Crippen LogP contribution in [0, 0.1) is 0 Å². The van der Waals surface area contributed by atoms with E-state index < -0.39 is 35.8 Å². The van der Waals surface area contributed by atoms with E-state index in [1.807, 2.05) is 0 Å². The molecule has 0 radical (unpaired) electrons. The van der Waals surface area contributed by atoms with E-state index in [4.69, 9.17) is 59.4 Å². The third-order valence-electron chi connectivity index (χ3n) is 0. The summed E-state index contributed by atoms with van der Waals surface area (Å²) in [6.07, 6.45) is 0. The number of hydrogen-bond donors (Lipinski definition) is 0. The number of carbonyl (C=O) groups is 6. The summed E-state index contributed by atoms with van der Waals surface area (Å²) < 4.78 is 0. The van der Waals surface area contributed by atoms with Gasteiger partial charge in [-0.1, -0.05) is 0 Å². The first-order valence-corrected chi connectivity index (χ1v) is 5.45. The van der Waals surface area contributed by atoms with Gasteiger partial charge in [0.05, 0.1) is 0 Å². The third kappa shape index (κ3) is 2700. The zero-order chi connectivity index (χ0) is 21.5. The molecule has 0 aliphatic carbocycles. The summed E-state index contributed by atoms with van der Waals surface area (Å²) in [7, 11) is 0. The Balaban J connectivity index is -0.0000000245. The minimum Gasteiger partial charge on any atom is -0.550 e. The van der Waals surface area contributed by atoms with E-state index >= 15 is 0 Å². The van der Waals surface area contributed by atoms with E-state index in [0.29, 0.717) is 0 Å². The maximum absolute atomic E-state index is 8.89. The van der Waals surface area contributed by atoms with E-state index in [1.165, 1.54) is 0 Å². The summed E-state index contributed by atoms with van der Waals surface area (Å²) in [6, 6.07) is 0. The summed E-state index contributed by atoms with van der Waals surface area (Å²) in [5, 5.41) is 53.3. The van der Waals surface area contributed by atoms with E-state index in [2.05, 4.69) is 0 Å². The van der Waals surface area contributed by atoms with Crippen molar-refractivity contribution in [1.82, 2.24) is 0 Å². The first-order chi connectivity index (χ1) is 10.4. The first kappa shape index (κ1) is 49.6. The smallest absolute Gasteiger partial charge is 0.550 e. The molecule has 0 N–H and O–H groups in total. The summed E-state index contributed by atoms with van der Waals surface area (Å²) in [5.74, 6) is -6.50. The van der Waals surface area contributed by atoms with Crippen molar-refractivity contribution >= 4 is 35.8 Å². The van der Waals surface area contributed by atoms with Crippen LogP contribution in [0.2, 0.25) is 0 Å². The van der Waals surface area contributed by atoms with Gasteiger partial charge < -0.3 is 59.4 Å². The Hall–Kier alpha value is -1.91. The van der Waals surface area contributed by atoms with Crippen molar-refractivity contribution in [2.45, 2.75) is 41.5 Å². The molecule has 0 aliphatic rings. The summed E-state index contributed by atoms with van der Waals surface area (Å²) in [5.41, 5.74) is 0. The fourth-order valence-electron chi connectivity index (χ4n) is 0. The predicted molar refractivity (Wildman–Crippen MR) is 64.1 cm³/mol. The van der Waals surface area contributed by atoms with Gasteiger partial charge in [0.25, 0.3) is 0 Å². The number of aliphatic carboxylic acids is 6. The molecule has 0 atom stereocenters. The average Bonchev–Trinajstić information content (AvgIpc) is 2.08. The van der Waals surface area contributed by atoms with Gasteiger partial charge in [-0.15, -0.1) is 0 Å². The topological polar surface area (TPSA) is 241 Å². The Morgan fingerprint density at radius 2 is 0.385 bits per heavy atom. The van der Waals surface area contributed by atoms with Crippen LogP contribution in [0.5, 0.6) is 0 Å². The van der Waals surface area contributed by atoms with Crippen molar-refractivity contribution in [3.05, 3.63) is 0 Å². The molecule has 26 heavy (non-hydrogen) atoms. The molecule has 0 aromatic rings. The molecule has 0 bridgehead atoms. The van der Waals surface area contributed by atoms with Gasteiger partial charge in [0.15, 0.2) is 0 Å². The Kier molecular flexibility index (Phi) is 83.0. The fraction of sp³-hybridized carbons (Fsp3) is 0.500. The van der Waals surface area contributed by atoms with Crippen LogP contribution in [0.25, 0.3) is 0 Å². The average molecular weight is 649 g/mol. The Morgan fingerprint density at radius 1 is 0.385 bits per heavy atom. The molecule has 0 amide bonds. The van der Waals surface area contributed by atoms with Gasteiger partial charge in [-0.25, -0.2) is 0 Å². The Labute approximate surface area is 176 Å². The van der Waals surface area contributed by atoms with Crippen molar-refractivity contribution in [2.75, 3.05) is 0 Å². The van der Waals surface area contributed by atoms with Crippen molar-refractivity contribution < 1.29 is 99.0 Å². The molecular formula is C12H18IrO12Rh. The maximum Gasteiger partial charge on any atom is 3.00 e. The van der Waals surface area contributed by atoms with E-state index in [9.17, 15) is 0 Å². The zero-order valence-corrected chi connectivity index (χ0v) is 18.6. The van der Waals surface area contributed by atoms with Crippen LogP contribution in [0.15, 0.2) is 0 Å². The monoisotopic (exact) mass is 650 g/mol. The summed E-state index contributed by atoms with van der Waals surface area (Å²) in [6.45, 7) is 5.83. The Morgan fingerprint density at radius 3 is 0.385 bits per heavy atom. The van der Waals surface area contributed by atoms with Crippen LogP contribution in [-0.4, -0.2) is 35.8 Å². The van der Waals surface area contributed by atoms with Gasteiger partial charge in [-0.3, -0.25) is 0 Å². The van der Waals surface area contributed by atoms with Gasteiger partial charge in [0.2, 0.25) is 0 Å². The molecule has 156 valence electrons. The zero-order valence-electron chi connectivity index (χ0n) is 14.6. The molecule has 0 heterocycles. The van der Waals surface area contributed by atoms with Crippen molar-refractivity contribution in [3.8, 4) is 0 Å². The van der Waals surface area contributed by atoms with Gasteiger partial charge in [-0.05, 0) is 41.5 Å². The number of carbonyl (C=O) groups excluding carboxylic acids is 6. The molecule has 0 spiro atoms. The molecule has 0 aromatic heterocycles. The SMILES string of the molecule is CC(=O)[O-].CC(=O)[O-].CC(=O)[O-].CC(=O)[O-].CC(=O)[O-].CC(=O)[O-].[Ir+3].[Rh+3]. The van der Waals surface area contributed by atoms with Crippen LogP contribution >= 0.6 is 0 Å². The fourth-order valence-corrected chi connectivity index (χ4v) is 0. The molecule has 0 fully saturated rings. The molecule has 0 unspecified atom stereocenters. The second kappa shape index (κ2) is 43.5. The van der Waals surface area contributed by atoms with Crippen LogP contribution in [0.4, 0.5) is 0 Å². The minimum atomic E-state index is -1.08. The van der Waals surface area contributed by atoms with Crippen molar-refractivity contribution in [3.63, 3.8) is 0 Å². The van der Waals surface area contributed by atoms with Crippen molar-refractivity contribution in [1.29, 1.82) is 0 Å². The molecular weight excluding hydrogens is 631 g/mol. The van der Waals surface area contributed by atoms with E-state index in [0.717, 1.165) is 41.5 Å². The van der Waals surface area contributed by atoms with Crippen molar-refractivity contribution in [2.24, 2.45) is 0 Å². The standard InChI is InChI=1S/6C2H4O2.Ir.Rh/c6*1-2(3)4;;/h6*1H3,(H,3,4);;/q;;;;;;2*+3/p-6. The third-order valence-corrected chi connectivity index (χ3v) is 0. The number of carboxylic acid groups (broad SMARTS) is 6. The second-order valence-corrected chi connectivity index (χ2v) is 2.95. The van der Waals surface area contributed by atoms with Gasteiger partial charge in [-0.2, -0.15) is 0 Å². The largest absolute Gasteiger partial charge is 3.00 e. The predicted octanol–water partition coefficient (Wildman–Crippen LogP) is -7.47. The van der Waals surface area contributed by atoms with Crippen LogP contribution in [0.3, 0.4) is 0 Å². The van der Waals surface area contributed by atoms with Gasteiger partial charge in [0, 0.05) is 35.8 Å². The molecule has 0 saturated carbocycles. The molecule has 0 aliphatic heterocycles. The number of rotatable bonds is 0. The van der Waals surface area contributed by atoms with Gasteiger partial charge >= 0.3 is 39.6 Å². The van der Waals surface area contributed by atoms with E-state index in [1.54, 1.807) is 0 Å². The summed E-state index contributed by atoms with van der Waals surface area (Å²) >= 11 is 0. The molecule has 12 nitrogen and oxygen atoms in total. The second-order valence-electron chi connectivity index (χ2n) is 2.95. The molecule has 14 heteroatoms. The normalized spacial score (nSPS) is 5.77. The number of carboxylic acids is 6. The molecule has 0 rings (SSSR count). The summed E-state index contributed by atoms with van der Waals surface area (Å²) in [4.78, 5) is 53.3. The van der Waals surface area contributed by atoms with Crippen LogP contribution in [-0.2, 0) is 68.4 Å². The quantitative estimate of drug-likeness (QED) is 0.222.